The molecule has 1 aliphatic rings. The van der Waals surface area contributed by atoms with Crippen LogP contribution >= 0.6 is 0 Å². The van der Waals surface area contributed by atoms with Gasteiger partial charge in [0.2, 0.25) is 5.91 Å². The first kappa shape index (κ1) is 22.0. The van der Waals surface area contributed by atoms with Crippen molar-refractivity contribution >= 4 is 17.6 Å². The lowest BCUT2D eigenvalue weighted by molar-refractivity contribution is -0.116. The number of amides is 1. The number of hydrogen-bond donors (Lipinski definition) is 3. The third kappa shape index (κ3) is 4.89. The van der Waals surface area contributed by atoms with Crippen molar-refractivity contribution in [1.82, 2.24) is 5.32 Å². The Morgan fingerprint density at radius 3 is 2.50 bits per heavy atom. The third-order valence-electron chi connectivity index (χ3n) is 5.35. The minimum absolute atomic E-state index is 0.118. The van der Waals surface area contributed by atoms with Gasteiger partial charge in [-0.05, 0) is 49.1 Å². The molecule has 3 rings (SSSR count). The highest BCUT2D eigenvalue weighted by Crippen LogP contribution is 2.38. The number of fused-ring (bicyclic) bond motifs is 1. The summed E-state index contributed by atoms with van der Waals surface area (Å²) in [6.45, 7) is 8.05. The van der Waals surface area contributed by atoms with Gasteiger partial charge >= 0.3 is 5.97 Å². The van der Waals surface area contributed by atoms with Crippen LogP contribution in [0.4, 0.5) is 5.69 Å². The van der Waals surface area contributed by atoms with E-state index in [9.17, 15) is 14.7 Å². The van der Waals surface area contributed by atoms with Crippen molar-refractivity contribution in [3.8, 4) is 5.75 Å². The Morgan fingerprint density at radius 2 is 1.87 bits per heavy atom. The van der Waals surface area contributed by atoms with Gasteiger partial charge in [0.05, 0.1) is 17.4 Å². The Morgan fingerprint density at radius 1 is 1.17 bits per heavy atom. The largest absolute Gasteiger partial charge is 0.421 e. The molecule has 1 aliphatic heterocycles. The number of carbonyl (C=O) groups is 2. The maximum Gasteiger partial charge on any atom is 0.343 e. The van der Waals surface area contributed by atoms with Crippen molar-refractivity contribution in [3.05, 3.63) is 58.7 Å². The Bertz CT molecular complexity index is 922. The van der Waals surface area contributed by atoms with Gasteiger partial charge in [-0.1, -0.05) is 44.5 Å². The lowest BCUT2D eigenvalue weighted by Crippen LogP contribution is -2.39. The van der Waals surface area contributed by atoms with E-state index in [0.29, 0.717) is 29.8 Å². The molecule has 0 aliphatic carbocycles. The molecule has 0 saturated carbocycles. The van der Waals surface area contributed by atoms with Gasteiger partial charge in [-0.25, -0.2) is 4.79 Å². The molecular weight excluding hydrogens is 380 g/mol. The number of ether oxygens (including phenoxy) is 1. The smallest absolute Gasteiger partial charge is 0.343 e. The highest BCUT2D eigenvalue weighted by Gasteiger charge is 2.29. The molecule has 3 N–H and O–H groups in total. The number of esters is 1. The van der Waals surface area contributed by atoms with Gasteiger partial charge in [-0.3, -0.25) is 4.79 Å². The van der Waals surface area contributed by atoms with E-state index in [1.165, 1.54) is 0 Å². The van der Waals surface area contributed by atoms with Crippen LogP contribution in [-0.2, 0) is 11.2 Å². The van der Waals surface area contributed by atoms with Gasteiger partial charge in [0.15, 0.2) is 5.75 Å². The molecule has 6 heteroatoms. The number of hydrogen-bond acceptors (Lipinski definition) is 5. The number of aliphatic hydroxyl groups is 1. The van der Waals surface area contributed by atoms with E-state index in [0.717, 1.165) is 23.1 Å². The van der Waals surface area contributed by atoms with Crippen LogP contribution in [0.15, 0.2) is 36.4 Å². The van der Waals surface area contributed by atoms with E-state index in [4.69, 9.17) is 4.74 Å². The quantitative estimate of drug-likeness (QED) is 0.476. The van der Waals surface area contributed by atoms with E-state index >= 15 is 0 Å². The van der Waals surface area contributed by atoms with Crippen LogP contribution in [0.2, 0.25) is 0 Å². The van der Waals surface area contributed by atoms with Crippen molar-refractivity contribution in [3.63, 3.8) is 0 Å². The van der Waals surface area contributed by atoms with Crippen LogP contribution in [0.25, 0.3) is 0 Å². The van der Waals surface area contributed by atoms with Gasteiger partial charge in [-0.15, -0.1) is 0 Å². The summed E-state index contributed by atoms with van der Waals surface area (Å²) in [5.41, 5.74) is 3.53. The molecule has 0 fully saturated rings. The molecule has 0 spiro atoms. The summed E-state index contributed by atoms with van der Waals surface area (Å²) in [6.07, 6.45) is 0.839. The fraction of sp³-hybridized carbons (Fsp3) is 0.417. The van der Waals surface area contributed by atoms with Crippen LogP contribution in [-0.4, -0.2) is 29.1 Å². The van der Waals surface area contributed by atoms with Crippen LogP contribution < -0.4 is 15.4 Å². The Kier molecular flexibility index (Phi) is 6.90. The molecule has 30 heavy (non-hydrogen) atoms. The Hall–Kier alpha value is -2.70. The van der Waals surface area contributed by atoms with Crippen molar-refractivity contribution in [2.75, 3.05) is 5.32 Å². The van der Waals surface area contributed by atoms with Crippen molar-refractivity contribution < 1.29 is 19.4 Å². The molecule has 2 aromatic carbocycles. The summed E-state index contributed by atoms with van der Waals surface area (Å²) >= 11 is 0. The second-order valence-corrected chi connectivity index (χ2v) is 8.09. The molecule has 160 valence electrons. The molecule has 0 radical (unpaired) electrons. The fourth-order valence-corrected chi connectivity index (χ4v) is 3.78. The summed E-state index contributed by atoms with van der Waals surface area (Å²) < 4.78 is 5.62. The van der Waals surface area contributed by atoms with Gasteiger partial charge in [0, 0.05) is 18.5 Å². The summed E-state index contributed by atoms with van der Waals surface area (Å²) in [6, 6.07) is 10.7. The molecule has 2 atom stereocenters. The van der Waals surface area contributed by atoms with E-state index < -0.39 is 12.1 Å². The standard InChI is InChI=1S/C24H30N2O4/c1-5-19(25-14(2)3)23(28)18-10-12-20(22-17(18)11-13-21(27)26-22)30-24(29)16-8-6-15(4)7-9-16/h6-10,12,14,19,23,25,28H,5,11,13H2,1-4H3,(H,26,27). The molecule has 1 heterocycles. The first-order valence-electron chi connectivity index (χ1n) is 10.5. The Balaban J connectivity index is 1.93. The summed E-state index contributed by atoms with van der Waals surface area (Å²) in [5, 5.41) is 17.3. The van der Waals surface area contributed by atoms with Crippen LogP contribution in [0.3, 0.4) is 0 Å². The molecule has 0 bridgehead atoms. The van der Waals surface area contributed by atoms with E-state index in [1.807, 2.05) is 39.8 Å². The summed E-state index contributed by atoms with van der Waals surface area (Å²) in [5.74, 6) is -0.322. The number of carbonyl (C=O) groups excluding carboxylic acids is 2. The van der Waals surface area contributed by atoms with Gasteiger partial charge in [-0.2, -0.15) is 0 Å². The van der Waals surface area contributed by atoms with Gasteiger partial charge in [0.25, 0.3) is 0 Å². The molecule has 0 saturated heterocycles. The number of nitrogens with one attached hydrogen (secondary N) is 2. The monoisotopic (exact) mass is 410 g/mol. The maximum absolute atomic E-state index is 12.6. The highest BCUT2D eigenvalue weighted by atomic mass is 16.5. The van der Waals surface area contributed by atoms with Crippen molar-refractivity contribution in [2.24, 2.45) is 0 Å². The maximum atomic E-state index is 12.6. The average Bonchev–Trinajstić information content (AvgIpc) is 2.72. The number of aliphatic hydroxyl groups excluding tert-OH is 1. The fourth-order valence-electron chi connectivity index (χ4n) is 3.78. The summed E-state index contributed by atoms with van der Waals surface area (Å²) in [4.78, 5) is 24.7. The second kappa shape index (κ2) is 9.41. The first-order chi connectivity index (χ1) is 14.3. The van der Waals surface area contributed by atoms with Crippen LogP contribution in [0, 0.1) is 6.92 Å². The molecule has 2 aromatic rings. The highest BCUT2D eigenvalue weighted by molar-refractivity contribution is 5.98. The lowest BCUT2D eigenvalue weighted by atomic mass is 9.90. The molecule has 1 amide bonds. The number of rotatable bonds is 7. The van der Waals surface area contributed by atoms with E-state index in [2.05, 4.69) is 10.6 Å². The topological polar surface area (TPSA) is 87.7 Å². The number of aryl methyl sites for hydroxylation is 1. The van der Waals surface area contributed by atoms with Crippen molar-refractivity contribution in [1.29, 1.82) is 0 Å². The SMILES string of the molecule is CCC(NC(C)C)C(O)c1ccc(OC(=O)c2ccc(C)cc2)c2c1CCC(=O)N2. The minimum Gasteiger partial charge on any atom is -0.421 e. The normalized spacial score (nSPS) is 15.3. The zero-order valence-electron chi connectivity index (χ0n) is 18.0. The number of benzene rings is 2. The predicted molar refractivity (Wildman–Crippen MR) is 117 cm³/mol. The lowest BCUT2D eigenvalue weighted by Gasteiger charge is -2.29. The van der Waals surface area contributed by atoms with E-state index in [-0.39, 0.29) is 18.0 Å². The molecule has 0 aromatic heterocycles. The minimum atomic E-state index is -0.733. The summed E-state index contributed by atoms with van der Waals surface area (Å²) in [7, 11) is 0. The zero-order valence-corrected chi connectivity index (χ0v) is 18.0. The molecular formula is C24H30N2O4. The second-order valence-electron chi connectivity index (χ2n) is 8.09. The van der Waals surface area contributed by atoms with Crippen LogP contribution in [0.1, 0.15) is 66.8 Å². The van der Waals surface area contributed by atoms with Gasteiger partial charge < -0.3 is 20.5 Å². The number of anilines is 1. The molecule has 2 unspecified atom stereocenters. The Labute approximate surface area is 177 Å². The first-order valence-corrected chi connectivity index (χ1v) is 10.5. The van der Waals surface area contributed by atoms with Gasteiger partial charge in [0.1, 0.15) is 0 Å². The third-order valence-corrected chi connectivity index (χ3v) is 5.35. The average molecular weight is 411 g/mol. The van der Waals surface area contributed by atoms with E-state index in [1.54, 1.807) is 24.3 Å². The predicted octanol–water partition coefficient (Wildman–Crippen LogP) is 3.91. The molecule has 6 nitrogen and oxygen atoms in total. The van der Waals surface area contributed by atoms with Crippen LogP contribution in [0.5, 0.6) is 5.75 Å². The zero-order chi connectivity index (χ0) is 21.8. The van der Waals surface area contributed by atoms with Crippen molar-refractivity contribution in [2.45, 2.75) is 65.1 Å².